The number of nitrogens with zero attached hydrogens (tertiary/aromatic N) is 4. The second-order valence-electron chi connectivity index (χ2n) is 5.25. The fraction of sp³-hybridized carbons (Fsp3) is 0.571. The van der Waals surface area contributed by atoms with E-state index in [-0.39, 0.29) is 0 Å². The summed E-state index contributed by atoms with van der Waals surface area (Å²) in [6, 6.07) is 3.22. The molecule has 1 aromatic heterocycles. The van der Waals surface area contributed by atoms with E-state index in [9.17, 15) is 0 Å². The van der Waals surface area contributed by atoms with Crippen molar-refractivity contribution in [2.45, 2.75) is 44.2 Å². The van der Waals surface area contributed by atoms with Crippen LogP contribution in [0.5, 0.6) is 0 Å². The second kappa shape index (κ2) is 5.00. The topological polar surface area (TPSA) is 33.4 Å². The van der Waals surface area contributed by atoms with Crippen molar-refractivity contribution in [2.24, 2.45) is 4.99 Å². The van der Waals surface area contributed by atoms with Crippen LogP contribution in [0.25, 0.3) is 6.20 Å². The van der Waals surface area contributed by atoms with Crippen LogP contribution in [-0.4, -0.2) is 28.9 Å². The highest BCUT2D eigenvalue weighted by atomic mass is 35.5. The molecule has 2 atom stereocenters. The summed E-state index contributed by atoms with van der Waals surface area (Å²) in [6.45, 7) is 3.78. The van der Waals surface area contributed by atoms with Crippen LogP contribution >= 0.6 is 11.6 Å². The summed E-state index contributed by atoms with van der Waals surface area (Å²) in [7, 11) is 1.79. The van der Waals surface area contributed by atoms with Crippen LogP contribution < -0.4 is 10.4 Å². The number of piperidine rings is 1. The standard InChI is InChI=1S/C14H19ClN4/c1-3-18-14(16-2)12(9-13(15)17-18)19-10-5-4-6-11(19)8-7-10/h3,9-11H,1,4-8H2,2H3. The van der Waals surface area contributed by atoms with E-state index in [1.807, 2.05) is 6.07 Å². The summed E-state index contributed by atoms with van der Waals surface area (Å²) in [4.78, 5) is 6.90. The Morgan fingerprint density at radius 1 is 1.37 bits per heavy atom. The minimum absolute atomic E-state index is 0.493. The predicted molar refractivity (Wildman–Crippen MR) is 78.3 cm³/mol. The second-order valence-corrected chi connectivity index (χ2v) is 5.64. The summed E-state index contributed by atoms with van der Waals surface area (Å²) >= 11 is 6.14. The van der Waals surface area contributed by atoms with Gasteiger partial charge in [-0.05, 0) is 32.1 Å². The van der Waals surface area contributed by atoms with Crippen LogP contribution in [0.4, 0.5) is 5.69 Å². The fourth-order valence-electron chi connectivity index (χ4n) is 3.52. The molecule has 4 nitrogen and oxygen atoms in total. The third-order valence-electron chi connectivity index (χ3n) is 4.26. The van der Waals surface area contributed by atoms with Crippen LogP contribution in [-0.2, 0) is 0 Å². The Morgan fingerprint density at radius 3 is 2.63 bits per heavy atom. The molecule has 2 fully saturated rings. The van der Waals surface area contributed by atoms with Gasteiger partial charge in [-0.2, -0.15) is 5.10 Å². The van der Waals surface area contributed by atoms with Gasteiger partial charge in [0.1, 0.15) is 0 Å². The molecule has 2 unspecified atom stereocenters. The first kappa shape index (κ1) is 12.7. The number of hydrogen-bond donors (Lipinski definition) is 0. The summed E-state index contributed by atoms with van der Waals surface area (Å²) in [5.41, 5.74) is 1.95. The molecule has 0 N–H and O–H groups in total. The van der Waals surface area contributed by atoms with E-state index in [0.29, 0.717) is 17.2 Å². The molecule has 0 saturated carbocycles. The highest BCUT2D eigenvalue weighted by Gasteiger charge is 2.37. The maximum Gasteiger partial charge on any atom is 0.172 e. The fourth-order valence-corrected chi connectivity index (χ4v) is 3.70. The molecule has 2 aliphatic rings. The summed E-state index contributed by atoms with van der Waals surface area (Å²) in [5.74, 6) is 0. The lowest BCUT2D eigenvalue weighted by Crippen LogP contribution is -2.43. The minimum Gasteiger partial charge on any atom is -0.362 e. The molecular formula is C14H19ClN4. The average Bonchev–Trinajstić information content (AvgIpc) is 2.66. The molecule has 0 amide bonds. The molecule has 2 saturated heterocycles. The number of hydrogen-bond acceptors (Lipinski definition) is 3. The number of halogens is 1. The van der Waals surface area contributed by atoms with Crippen molar-refractivity contribution in [2.75, 3.05) is 11.9 Å². The van der Waals surface area contributed by atoms with Gasteiger partial charge in [-0.25, -0.2) is 4.68 Å². The first-order valence-electron chi connectivity index (χ1n) is 6.87. The monoisotopic (exact) mass is 278 g/mol. The lowest BCUT2D eigenvalue weighted by Gasteiger charge is -2.36. The summed E-state index contributed by atoms with van der Waals surface area (Å²) in [6.07, 6.45) is 8.10. The summed E-state index contributed by atoms with van der Waals surface area (Å²) in [5, 5.41) is 4.72. The molecule has 0 spiro atoms. The Morgan fingerprint density at radius 2 is 2.05 bits per heavy atom. The van der Waals surface area contributed by atoms with Crippen molar-refractivity contribution in [1.82, 2.24) is 9.78 Å². The smallest absolute Gasteiger partial charge is 0.172 e. The third-order valence-corrected chi connectivity index (χ3v) is 4.45. The molecule has 3 heterocycles. The molecule has 0 aromatic carbocycles. The molecule has 1 aromatic rings. The van der Waals surface area contributed by atoms with E-state index in [1.165, 1.54) is 32.1 Å². The Hall–Kier alpha value is -1.29. The molecule has 2 bridgehead atoms. The number of fused-ring (bicyclic) bond motifs is 2. The Balaban J connectivity index is 2.15. The van der Waals surface area contributed by atoms with Crippen molar-refractivity contribution in [1.29, 1.82) is 0 Å². The van der Waals surface area contributed by atoms with E-state index < -0.39 is 0 Å². The normalized spacial score (nSPS) is 26.8. The maximum atomic E-state index is 6.14. The molecule has 5 heteroatoms. The van der Waals surface area contributed by atoms with Gasteiger partial charge in [0.05, 0.1) is 5.69 Å². The Bertz CT molecular complexity index is 547. The van der Waals surface area contributed by atoms with Gasteiger partial charge in [0.2, 0.25) is 0 Å². The van der Waals surface area contributed by atoms with Gasteiger partial charge < -0.3 is 4.90 Å². The van der Waals surface area contributed by atoms with Crippen molar-refractivity contribution < 1.29 is 0 Å². The van der Waals surface area contributed by atoms with Crippen molar-refractivity contribution in [3.63, 3.8) is 0 Å². The third kappa shape index (κ3) is 2.08. The van der Waals surface area contributed by atoms with Crippen LogP contribution in [0.3, 0.4) is 0 Å². The summed E-state index contributed by atoms with van der Waals surface area (Å²) < 4.78 is 1.67. The van der Waals surface area contributed by atoms with Crippen LogP contribution in [0.15, 0.2) is 17.6 Å². The van der Waals surface area contributed by atoms with Gasteiger partial charge in [-0.1, -0.05) is 18.2 Å². The van der Waals surface area contributed by atoms with E-state index in [2.05, 4.69) is 21.6 Å². The molecule has 102 valence electrons. The van der Waals surface area contributed by atoms with Gasteiger partial charge in [-0.3, -0.25) is 4.99 Å². The highest BCUT2D eigenvalue weighted by molar-refractivity contribution is 6.29. The number of rotatable bonds is 2. The van der Waals surface area contributed by atoms with Gasteiger partial charge in [0, 0.05) is 31.4 Å². The zero-order valence-electron chi connectivity index (χ0n) is 11.2. The Kier molecular flexibility index (Phi) is 3.35. The maximum absolute atomic E-state index is 6.14. The van der Waals surface area contributed by atoms with Gasteiger partial charge in [0.15, 0.2) is 10.6 Å². The van der Waals surface area contributed by atoms with E-state index in [4.69, 9.17) is 11.6 Å². The van der Waals surface area contributed by atoms with Crippen molar-refractivity contribution in [3.05, 3.63) is 23.3 Å². The van der Waals surface area contributed by atoms with E-state index >= 15 is 0 Å². The molecular weight excluding hydrogens is 260 g/mol. The molecule has 0 radical (unpaired) electrons. The van der Waals surface area contributed by atoms with Gasteiger partial charge >= 0.3 is 0 Å². The predicted octanol–water partition coefficient (Wildman–Crippen LogP) is 2.69. The molecule has 3 rings (SSSR count). The highest BCUT2D eigenvalue weighted by Crippen LogP contribution is 2.38. The number of anilines is 1. The van der Waals surface area contributed by atoms with Gasteiger partial charge in [0.25, 0.3) is 0 Å². The average molecular weight is 279 g/mol. The van der Waals surface area contributed by atoms with E-state index in [1.54, 1.807) is 17.9 Å². The van der Waals surface area contributed by atoms with Crippen LogP contribution in [0.1, 0.15) is 32.1 Å². The van der Waals surface area contributed by atoms with Crippen molar-refractivity contribution in [3.8, 4) is 0 Å². The molecule has 19 heavy (non-hydrogen) atoms. The lowest BCUT2D eigenvalue weighted by atomic mass is 10.0. The lowest BCUT2D eigenvalue weighted by molar-refractivity contribution is 0.465. The number of aromatic nitrogens is 2. The zero-order valence-corrected chi connectivity index (χ0v) is 12.0. The SMILES string of the molecule is C=Cn1nc(Cl)cc(N2C3CCCC2CC3)c1=NC. The van der Waals surface area contributed by atoms with E-state index in [0.717, 1.165) is 11.2 Å². The first-order chi connectivity index (χ1) is 9.24. The zero-order chi connectivity index (χ0) is 13.4. The minimum atomic E-state index is 0.493. The quantitative estimate of drug-likeness (QED) is 0.833. The van der Waals surface area contributed by atoms with Crippen molar-refractivity contribution >= 4 is 23.5 Å². The largest absolute Gasteiger partial charge is 0.362 e. The first-order valence-corrected chi connectivity index (χ1v) is 7.25. The van der Waals surface area contributed by atoms with Gasteiger partial charge in [-0.15, -0.1) is 0 Å². The Labute approximate surface area is 118 Å². The molecule has 2 aliphatic heterocycles. The van der Waals surface area contributed by atoms with Crippen LogP contribution in [0, 0.1) is 0 Å². The molecule has 0 aliphatic carbocycles. The van der Waals surface area contributed by atoms with Crippen LogP contribution in [0.2, 0.25) is 5.15 Å².